The van der Waals surface area contributed by atoms with Crippen LogP contribution in [0.25, 0.3) is 0 Å². The van der Waals surface area contributed by atoms with E-state index in [9.17, 15) is 0 Å². The molecule has 0 bridgehead atoms. The molecule has 0 saturated heterocycles. The predicted molar refractivity (Wildman–Crippen MR) is 185 cm³/mol. The monoisotopic (exact) mass is 758 g/mol. The van der Waals surface area contributed by atoms with E-state index in [0.29, 0.717) is 0 Å². The van der Waals surface area contributed by atoms with Gasteiger partial charge in [0.1, 0.15) is 0 Å². The number of hydrogen-bond acceptors (Lipinski definition) is 0. The van der Waals surface area contributed by atoms with Gasteiger partial charge in [-0.05, 0) is 0 Å². The molecule has 0 heterocycles. The van der Waals surface area contributed by atoms with E-state index in [1.807, 2.05) is 0 Å². The first-order valence-electron chi connectivity index (χ1n) is 13.5. The van der Waals surface area contributed by atoms with Gasteiger partial charge in [-0.15, -0.1) is 0 Å². The second-order valence-corrected chi connectivity index (χ2v) is 41.7. The van der Waals surface area contributed by atoms with Crippen LogP contribution in [-0.2, 0) is 29.6 Å². The first-order valence-corrected chi connectivity index (χ1v) is 25.8. The smallest absolute Gasteiger partial charge is 0 e. The van der Waals surface area contributed by atoms with Crippen LogP contribution in [-0.4, -0.2) is 0 Å². The molecule has 0 aliphatic heterocycles. The summed E-state index contributed by atoms with van der Waals surface area (Å²) in [5.74, 6) is 0. The second kappa shape index (κ2) is 13.7. The van der Waals surface area contributed by atoms with E-state index in [0.717, 1.165) is 0 Å². The first-order chi connectivity index (χ1) is 20.1. The second-order valence-electron chi connectivity index (χ2n) is 9.78. The molecule has 0 aliphatic rings. The van der Waals surface area contributed by atoms with Gasteiger partial charge in [-0.3, -0.25) is 0 Å². The summed E-state index contributed by atoms with van der Waals surface area (Å²) in [7, 11) is 17.3. The summed E-state index contributed by atoms with van der Waals surface area (Å²) in [6.45, 7) is 0. The first kappa shape index (κ1) is 31.4. The molecule has 6 aromatic rings. The molecule has 0 amide bonds. The SMILES string of the molecule is [Cl][Pd]([Cl])([PH](c1ccccc1)(c1ccccc1)c1ccccc1)[PH](c1ccccc1)(c1ccccc1)c1ccccc1.[Fe]. The van der Waals surface area contributed by atoms with E-state index in [1.54, 1.807) is 0 Å². The third-order valence-electron chi connectivity index (χ3n) is 7.52. The van der Waals surface area contributed by atoms with E-state index in [4.69, 9.17) is 19.1 Å². The van der Waals surface area contributed by atoms with Crippen LogP contribution < -0.4 is 31.8 Å². The summed E-state index contributed by atoms with van der Waals surface area (Å²) in [6, 6.07) is 65.4. The van der Waals surface area contributed by atoms with E-state index < -0.39 is 23.4 Å². The predicted octanol–water partition coefficient (Wildman–Crippen LogP) is 7.73. The van der Waals surface area contributed by atoms with Gasteiger partial charge >= 0.3 is 256 Å². The zero-order chi connectivity index (χ0) is 28.2. The zero-order valence-corrected chi connectivity index (χ0v) is 28.9. The molecule has 0 aliphatic carbocycles. The van der Waals surface area contributed by atoms with E-state index in [1.165, 1.54) is 31.8 Å². The topological polar surface area (TPSA) is 0 Å². The summed E-state index contributed by atoms with van der Waals surface area (Å²) in [5, 5.41) is 7.49. The van der Waals surface area contributed by atoms with Crippen molar-refractivity contribution in [1.29, 1.82) is 0 Å². The Hall–Kier alpha value is -2.06. The van der Waals surface area contributed by atoms with Gasteiger partial charge in [0.05, 0.1) is 0 Å². The summed E-state index contributed by atoms with van der Waals surface area (Å²) >= 11 is -3.67. The Morgan fingerprint density at radius 2 is 0.429 bits per heavy atom. The molecule has 0 N–H and O–H groups in total. The third kappa shape index (κ3) is 5.18. The van der Waals surface area contributed by atoms with Crippen molar-refractivity contribution >= 4 is 61.8 Å². The normalized spacial score (nSPS) is 13.0. The fourth-order valence-corrected chi connectivity index (χ4v) is 61.5. The van der Waals surface area contributed by atoms with Crippen molar-refractivity contribution in [2.24, 2.45) is 0 Å². The molecule has 42 heavy (non-hydrogen) atoms. The molecular weight excluding hydrogens is 728 g/mol. The Morgan fingerprint density at radius 3 is 0.571 bits per heavy atom. The largest absolute Gasteiger partial charge is 0 e. The number of benzene rings is 6. The summed E-state index contributed by atoms with van der Waals surface area (Å²) in [4.78, 5) is 0. The number of rotatable bonds is 8. The van der Waals surface area contributed by atoms with Crippen molar-refractivity contribution in [1.82, 2.24) is 0 Å². The Bertz CT molecular complexity index is 1370. The minimum absolute atomic E-state index is 0. The standard InChI is InChI=1S/2C18H15P.2ClH.Fe.Pd/c2*1-4-10-16(11-5-1)19(17-12-6-2-7-13-17)18-14-8-3-9-15-18;;;;/h2*1-15H;2*1H;;. The van der Waals surface area contributed by atoms with Crippen molar-refractivity contribution in [3.63, 3.8) is 0 Å². The van der Waals surface area contributed by atoms with Crippen molar-refractivity contribution in [2.45, 2.75) is 0 Å². The molecule has 6 heteroatoms. The van der Waals surface area contributed by atoms with Gasteiger partial charge in [-0.2, -0.15) is 0 Å². The Balaban J connectivity index is 0.00000353. The van der Waals surface area contributed by atoms with Crippen LogP contribution in [0, 0.1) is 0 Å². The van der Waals surface area contributed by atoms with Crippen molar-refractivity contribution in [3.05, 3.63) is 182 Å². The quantitative estimate of drug-likeness (QED) is 0.110. The van der Waals surface area contributed by atoms with Crippen LogP contribution in [0.15, 0.2) is 182 Å². The molecule has 6 aromatic carbocycles. The molecular formula is C36H32Cl2FeP2Pd. The molecule has 6 rings (SSSR count). The van der Waals surface area contributed by atoms with Gasteiger partial charge in [0.2, 0.25) is 0 Å². The van der Waals surface area contributed by atoms with E-state index in [2.05, 4.69) is 182 Å². The van der Waals surface area contributed by atoms with Gasteiger partial charge in [-0.1, -0.05) is 0 Å². The van der Waals surface area contributed by atoms with Crippen LogP contribution in [0.3, 0.4) is 0 Å². The Morgan fingerprint density at radius 1 is 0.286 bits per heavy atom. The maximum Gasteiger partial charge on any atom is 0 e. The molecule has 0 saturated carbocycles. The van der Waals surface area contributed by atoms with Crippen molar-refractivity contribution in [3.8, 4) is 0 Å². The molecule has 0 radical (unpaired) electrons. The minimum Gasteiger partial charge on any atom is 0 e. The third-order valence-corrected chi connectivity index (χ3v) is 53.3. The molecule has 0 spiro atoms. The molecule has 0 unspecified atom stereocenters. The van der Waals surface area contributed by atoms with Crippen LogP contribution in [0.1, 0.15) is 0 Å². The van der Waals surface area contributed by atoms with Crippen molar-refractivity contribution < 1.29 is 29.6 Å². The van der Waals surface area contributed by atoms with Gasteiger partial charge in [-0.25, -0.2) is 0 Å². The average Bonchev–Trinajstić information content (AvgIpc) is 3.05. The van der Waals surface area contributed by atoms with Gasteiger partial charge in [0, 0.05) is 17.1 Å². The van der Waals surface area contributed by atoms with Gasteiger partial charge < -0.3 is 0 Å². The molecule has 0 nitrogen and oxygen atoms in total. The Kier molecular flexibility index (Phi) is 10.2. The summed E-state index contributed by atoms with van der Waals surface area (Å²) in [5.41, 5.74) is -6.19. The van der Waals surface area contributed by atoms with E-state index in [-0.39, 0.29) is 17.1 Å². The zero-order valence-electron chi connectivity index (χ0n) is 22.7. The minimum atomic E-state index is -3.67. The van der Waals surface area contributed by atoms with Crippen LogP contribution in [0.5, 0.6) is 0 Å². The van der Waals surface area contributed by atoms with Crippen LogP contribution >= 0.6 is 30.0 Å². The fourth-order valence-electron chi connectivity index (χ4n) is 5.81. The molecule has 218 valence electrons. The van der Waals surface area contributed by atoms with E-state index >= 15 is 0 Å². The van der Waals surface area contributed by atoms with Gasteiger partial charge in [0.25, 0.3) is 0 Å². The van der Waals surface area contributed by atoms with Crippen LogP contribution in [0.2, 0.25) is 0 Å². The number of hydrogen-bond donors (Lipinski definition) is 0. The van der Waals surface area contributed by atoms with Gasteiger partial charge in [0.15, 0.2) is 0 Å². The molecule has 0 fully saturated rings. The number of halogens is 2. The van der Waals surface area contributed by atoms with Crippen molar-refractivity contribution in [2.75, 3.05) is 0 Å². The maximum absolute atomic E-state index is 8.63. The summed E-state index contributed by atoms with van der Waals surface area (Å²) in [6.07, 6.45) is 0. The Labute approximate surface area is 271 Å². The average molecular weight is 760 g/mol. The summed E-state index contributed by atoms with van der Waals surface area (Å²) < 4.78 is 0. The fraction of sp³-hybridized carbons (Fsp3) is 0. The molecule has 0 atom stereocenters. The maximum atomic E-state index is 8.63. The van der Waals surface area contributed by atoms with Crippen LogP contribution in [0.4, 0.5) is 0 Å². The molecule has 0 aromatic heterocycles.